The lowest BCUT2D eigenvalue weighted by Crippen LogP contribution is -2.54. The van der Waals surface area contributed by atoms with E-state index in [0.717, 1.165) is 50.5 Å². The molecule has 0 amide bonds. The summed E-state index contributed by atoms with van der Waals surface area (Å²) in [7, 11) is 0. The van der Waals surface area contributed by atoms with Crippen LogP contribution < -0.4 is 0 Å². The number of hydrogen-bond donors (Lipinski definition) is 0. The second kappa shape index (κ2) is 11.2. The maximum absolute atomic E-state index is 7.13. The number of nitrogens with zero attached hydrogens (tertiary/aromatic N) is 2. The third-order valence-electron chi connectivity index (χ3n) is 13.1. The van der Waals surface area contributed by atoms with Gasteiger partial charge in [-0.25, -0.2) is 0 Å². The predicted octanol–water partition coefficient (Wildman–Crippen LogP) is 7.03. The van der Waals surface area contributed by atoms with Gasteiger partial charge in [0.15, 0.2) is 0 Å². The van der Waals surface area contributed by atoms with Gasteiger partial charge in [-0.1, -0.05) is 25.5 Å². The van der Waals surface area contributed by atoms with Crippen LogP contribution in [0.1, 0.15) is 96.5 Å². The van der Waals surface area contributed by atoms with Gasteiger partial charge < -0.3 is 23.7 Å². The second-order valence-corrected chi connectivity index (χ2v) is 14.8. The van der Waals surface area contributed by atoms with Crippen LogP contribution in [-0.4, -0.2) is 68.4 Å². The number of rotatable bonds is 9. The first-order valence-corrected chi connectivity index (χ1v) is 16.9. The lowest BCUT2D eigenvalue weighted by atomic mass is 9.46. The standard InChI is InChI=1S/C35H54N2O3/c1-33-13-9-29(39-23-20-36-16-3-4-17-36)25-27(33)7-8-30-31(33)10-14-34(2)32(30)11-15-35(34,28-12-22-38-26-28)40-24-21-37-18-5-6-19-37/h7,12,22,26,29-32H,3-6,8-11,13-21,23-25H2,1-2H3/t29-,30+,31-,32-,33-,34-,35-/m0/s1. The smallest absolute Gasteiger partial charge is 0.102 e. The highest BCUT2D eigenvalue weighted by Crippen LogP contribution is 2.70. The Balaban J connectivity index is 1.05. The van der Waals surface area contributed by atoms with E-state index in [0.29, 0.717) is 11.5 Å². The first-order valence-electron chi connectivity index (χ1n) is 16.9. The summed E-state index contributed by atoms with van der Waals surface area (Å²) in [5, 5.41) is 0. The molecule has 0 unspecified atom stereocenters. The first kappa shape index (κ1) is 27.7. The molecule has 5 fully saturated rings. The number of hydrogen-bond acceptors (Lipinski definition) is 5. The number of fused-ring (bicyclic) bond motifs is 5. The van der Waals surface area contributed by atoms with Crippen molar-refractivity contribution in [2.45, 2.75) is 103 Å². The fraction of sp³-hybridized carbons (Fsp3) is 0.829. The molecular weight excluding hydrogens is 496 g/mol. The third kappa shape index (κ3) is 4.66. The van der Waals surface area contributed by atoms with E-state index in [-0.39, 0.29) is 11.0 Å². The maximum Gasteiger partial charge on any atom is 0.102 e. The molecule has 1 aromatic heterocycles. The van der Waals surface area contributed by atoms with Crippen LogP contribution in [0.15, 0.2) is 34.7 Å². The van der Waals surface area contributed by atoms with Crippen molar-refractivity contribution in [2.24, 2.45) is 28.6 Å². The fourth-order valence-electron chi connectivity index (χ4n) is 10.8. The topological polar surface area (TPSA) is 38.1 Å². The molecule has 1 aromatic rings. The minimum atomic E-state index is -0.207. The van der Waals surface area contributed by atoms with Gasteiger partial charge in [0.2, 0.25) is 0 Å². The predicted molar refractivity (Wildman–Crippen MR) is 159 cm³/mol. The van der Waals surface area contributed by atoms with Gasteiger partial charge in [0, 0.05) is 24.1 Å². The maximum atomic E-state index is 7.13. The molecule has 222 valence electrons. The van der Waals surface area contributed by atoms with Gasteiger partial charge in [0.25, 0.3) is 0 Å². The highest BCUT2D eigenvalue weighted by molar-refractivity contribution is 5.30. The Labute approximate surface area is 243 Å². The van der Waals surface area contributed by atoms with Crippen molar-refractivity contribution in [1.82, 2.24) is 9.80 Å². The molecule has 0 radical (unpaired) electrons. The molecule has 3 saturated carbocycles. The zero-order chi connectivity index (χ0) is 27.2. The molecule has 2 saturated heterocycles. The van der Waals surface area contributed by atoms with Crippen molar-refractivity contribution in [3.8, 4) is 0 Å². The minimum absolute atomic E-state index is 0.167. The zero-order valence-corrected chi connectivity index (χ0v) is 25.4. The average Bonchev–Trinajstić information content (AvgIpc) is 3.77. The van der Waals surface area contributed by atoms with Gasteiger partial charge in [0.05, 0.1) is 31.8 Å². The van der Waals surface area contributed by atoms with Crippen LogP contribution in [0.4, 0.5) is 0 Å². The zero-order valence-electron chi connectivity index (χ0n) is 25.4. The van der Waals surface area contributed by atoms with Gasteiger partial charge in [-0.3, -0.25) is 0 Å². The summed E-state index contributed by atoms with van der Waals surface area (Å²) >= 11 is 0. The van der Waals surface area contributed by atoms with Crippen molar-refractivity contribution >= 4 is 0 Å². The molecule has 5 heteroatoms. The molecule has 5 nitrogen and oxygen atoms in total. The molecule has 2 aliphatic heterocycles. The third-order valence-corrected chi connectivity index (χ3v) is 13.1. The Bertz CT molecular complexity index is 1030. The monoisotopic (exact) mass is 550 g/mol. The second-order valence-electron chi connectivity index (χ2n) is 14.8. The quantitative estimate of drug-likeness (QED) is 0.309. The number of ether oxygens (including phenoxy) is 2. The van der Waals surface area contributed by atoms with Crippen LogP contribution in [0.5, 0.6) is 0 Å². The number of likely N-dealkylation sites (tertiary alicyclic amines) is 2. The fourth-order valence-corrected chi connectivity index (χ4v) is 10.8. The molecule has 6 aliphatic rings. The molecule has 7 atom stereocenters. The average molecular weight is 551 g/mol. The first-order chi connectivity index (χ1) is 19.5. The van der Waals surface area contributed by atoms with Crippen LogP contribution in [0.3, 0.4) is 0 Å². The van der Waals surface area contributed by atoms with Crippen LogP contribution in [0.2, 0.25) is 0 Å². The Morgan fingerprint density at radius 1 is 0.875 bits per heavy atom. The molecule has 0 N–H and O–H groups in total. The van der Waals surface area contributed by atoms with Crippen molar-refractivity contribution in [1.29, 1.82) is 0 Å². The van der Waals surface area contributed by atoms with E-state index in [1.54, 1.807) is 5.57 Å². The normalized spacial score (nSPS) is 42.0. The van der Waals surface area contributed by atoms with E-state index in [2.05, 4.69) is 35.8 Å². The van der Waals surface area contributed by atoms with E-state index in [1.165, 1.54) is 102 Å². The van der Waals surface area contributed by atoms with Gasteiger partial charge in [0.1, 0.15) is 5.60 Å². The molecular formula is C35H54N2O3. The summed E-state index contributed by atoms with van der Waals surface area (Å²) in [6, 6.07) is 2.21. The SMILES string of the molecule is C[C@]12CC[C@H](OCCN3CCCC3)CC1=CC[C@@H]1[C@@H]2CC[C@@]2(C)[C@H]1CC[C@]2(OCCN1CCCC1)c1ccoc1. The molecule has 0 aromatic carbocycles. The van der Waals surface area contributed by atoms with Crippen LogP contribution in [0, 0.1) is 28.6 Å². The summed E-state index contributed by atoms with van der Waals surface area (Å²) in [5.41, 5.74) is 3.34. The summed E-state index contributed by atoms with van der Waals surface area (Å²) in [6.07, 6.45) is 22.4. The minimum Gasteiger partial charge on any atom is -0.472 e. The van der Waals surface area contributed by atoms with Crippen molar-refractivity contribution in [2.75, 3.05) is 52.5 Å². The van der Waals surface area contributed by atoms with Gasteiger partial charge in [-0.2, -0.15) is 0 Å². The van der Waals surface area contributed by atoms with E-state index in [9.17, 15) is 0 Å². The van der Waals surface area contributed by atoms with E-state index in [4.69, 9.17) is 13.9 Å². The molecule has 4 aliphatic carbocycles. The highest BCUT2D eigenvalue weighted by Gasteiger charge is 2.65. The molecule has 40 heavy (non-hydrogen) atoms. The van der Waals surface area contributed by atoms with Crippen LogP contribution >= 0.6 is 0 Å². The number of furan rings is 1. The Hall–Kier alpha value is -1.14. The largest absolute Gasteiger partial charge is 0.472 e. The van der Waals surface area contributed by atoms with Crippen molar-refractivity contribution in [3.63, 3.8) is 0 Å². The summed E-state index contributed by atoms with van der Waals surface area (Å²) < 4.78 is 19.3. The summed E-state index contributed by atoms with van der Waals surface area (Å²) in [4.78, 5) is 5.17. The molecule has 0 spiro atoms. The summed E-state index contributed by atoms with van der Waals surface area (Å²) in [5.74, 6) is 2.30. The van der Waals surface area contributed by atoms with Crippen LogP contribution in [0.25, 0.3) is 0 Å². The Kier molecular flexibility index (Phi) is 7.73. The molecule has 0 bridgehead atoms. The Morgan fingerprint density at radius 3 is 2.33 bits per heavy atom. The van der Waals surface area contributed by atoms with Crippen molar-refractivity contribution < 1.29 is 13.9 Å². The lowest BCUT2D eigenvalue weighted by Gasteiger charge is -2.59. The van der Waals surface area contributed by atoms with Gasteiger partial charge in [-0.15, -0.1) is 0 Å². The number of allylic oxidation sites excluding steroid dienone is 1. The highest BCUT2D eigenvalue weighted by atomic mass is 16.5. The van der Waals surface area contributed by atoms with E-state index < -0.39 is 0 Å². The lowest BCUT2D eigenvalue weighted by molar-refractivity contribution is -0.166. The van der Waals surface area contributed by atoms with Gasteiger partial charge >= 0.3 is 0 Å². The van der Waals surface area contributed by atoms with Crippen molar-refractivity contribution in [3.05, 3.63) is 35.8 Å². The Morgan fingerprint density at radius 2 is 1.60 bits per heavy atom. The summed E-state index contributed by atoms with van der Waals surface area (Å²) in [6.45, 7) is 14.2. The molecule has 7 rings (SSSR count). The van der Waals surface area contributed by atoms with E-state index >= 15 is 0 Å². The van der Waals surface area contributed by atoms with E-state index in [1.807, 2.05) is 12.5 Å². The van der Waals surface area contributed by atoms with Gasteiger partial charge in [-0.05, 0) is 132 Å². The molecule has 3 heterocycles. The van der Waals surface area contributed by atoms with Crippen LogP contribution in [-0.2, 0) is 15.1 Å².